The topological polar surface area (TPSA) is 38.5 Å². The fourth-order valence-corrected chi connectivity index (χ4v) is 2.29. The third-order valence-corrected chi connectivity index (χ3v) is 3.65. The van der Waals surface area contributed by atoms with E-state index in [1.165, 1.54) is 0 Å². The normalized spacial score (nSPS) is 33.6. The van der Waals surface area contributed by atoms with Crippen LogP contribution in [0.2, 0.25) is 0 Å². The molecular weight excluding hydrogens is 176 g/mol. The molecule has 2 atom stereocenters. The molecule has 0 aromatic rings. The third-order valence-electron chi connectivity index (χ3n) is 3.65. The lowest BCUT2D eigenvalue weighted by Gasteiger charge is -2.46. The van der Waals surface area contributed by atoms with Crippen LogP contribution in [0.25, 0.3) is 0 Å². The van der Waals surface area contributed by atoms with Crippen LogP contribution in [0, 0.1) is 0 Å². The molecule has 1 aliphatic rings. The Morgan fingerprint density at radius 3 is 2.71 bits per heavy atom. The largest absolute Gasteiger partial charge is 0.378 e. The van der Waals surface area contributed by atoms with Gasteiger partial charge in [-0.2, -0.15) is 0 Å². The quantitative estimate of drug-likeness (QED) is 0.741. The Hall–Kier alpha value is -0.120. The molecule has 1 aliphatic heterocycles. The van der Waals surface area contributed by atoms with Crippen LogP contribution in [0.5, 0.6) is 0 Å². The van der Waals surface area contributed by atoms with Crippen molar-refractivity contribution in [3.63, 3.8) is 0 Å². The summed E-state index contributed by atoms with van der Waals surface area (Å²) in [6.45, 7) is 7.04. The Labute approximate surface area is 87.6 Å². The predicted molar refractivity (Wildman–Crippen MR) is 59.4 cm³/mol. The molecule has 1 fully saturated rings. The van der Waals surface area contributed by atoms with Gasteiger partial charge in [-0.15, -0.1) is 0 Å². The maximum Gasteiger partial charge on any atom is 0.0590 e. The van der Waals surface area contributed by atoms with Gasteiger partial charge in [0.05, 0.1) is 6.10 Å². The van der Waals surface area contributed by atoms with E-state index in [0.717, 1.165) is 39.0 Å². The molecule has 0 radical (unpaired) electrons. The number of hydrogen-bond donors (Lipinski definition) is 1. The van der Waals surface area contributed by atoms with E-state index in [0.29, 0.717) is 6.10 Å². The highest BCUT2D eigenvalue weighted by molar-refractivity contribution is 4.94. The van der Waals surface area contributed by atoms with Gasteiger partial charge in [-0.05, 0) is 32.9 Å². The number of ether oxygens (including phenoxy) is 1. The second kappa shape index (κ2) is 5.10. The average molecular weight is 200 g/mol. The van der Waals surface area contributed by atoms with Crippen molar-refractivity contribution in [3.8, 4) is 0 Å². The lowest BCUT2D eigenvalue weighted by Crippen LogP contribution is -2.57. The van der Waals surface area contributed by atoms with Crippen molar-refractivity contribution in [1.29, 1.82) is 0 Å². The van der Waals surface area contributed by atoms with Gasteiger partial charge in [-0.1, -0.05) is 13.8 Å². The molecule has 14 heavy (non-hydrogen) atoms. The van der Waals surface area contributed by atoms with E-state index in [9.17, 15) is 0 Å². The Morgan fingerprint density at radius 2 is 2.21 bits per heavy atom. The predicted octanol–water partition coefficient (Wildman–Crippen LogP) is 1.22. The molecule has 84 valence electrons. The van der Waals surface area contributed by atoms with Crippen molar-refractivity contribution in [2.75, 3.05) is 26.7 Å². The molecule has 0 aromatic carbocycles. The molecule has 2 unspecified atom stereocenters. The summed E-state index contributed by atoms with van der Waals surface area (Å²) in [6.07, 6.45) is 3.66. The first-order valence-electron chi connectivity index (χ1n) is 5.71. The number of likely N-dealkylation sites (N-methyl/N-ethyl adjacent to an activating group) is 1. The molecule has 0 amide bonds. The smallest absolute Gasteiger partial charge is 0.0590 e. The number of nitrogens with zero attached hydrogens (tertiary/aromatic N) is 1. The van der Waals surface area contributed by atoms with Crippen LogP contribution in [-0.4, -0.2) is 43.3 Å². The van der Waals surface area contributed by atoms with E-state index in [1.807, 2.05) is 0 Å². The number of nitrogens with two attached hydrogens (primary N) is 1. The second-order valence-corrected chi connectivity index (χ2v) is 4.30. The minimum absolute atomic E-state index is 0.188. The summed E-state index contributed by atoms with van der Waals surface area (Å²) in [4.78, 5) is 2.39. The lowest BCUT2D eigenvalue weighted by atomic mass is 9.84. The summed E-state index contributed by atoms with van der Waals surface area (Å²) in [5, 5.41) is 0. The van der Waals surface area contributed by atoms with Crippen LogP contribution >= 0.6 is 0 Å². The van der Waals surface area contributed by atoms with Gasteiger partial charge in [0.1, 0.15) is 0 Å². The van der Waals surface area contributed by atoms with Crippen molar-refractivity contribution in [3.05, 3.63) is 0 Å². The van der Waals surface area contributed by atoms with Gasteiger partial charge in [0.15, 0.2) is 0 Å². The van der Waals surface area contributed by atoms with Gasteiger partial charge < -0.3 is 10.5 Å². The number of rotatable bonds is 4. The molecule has 0 bridgehead atoms. The lowest BCUT2D eigenvalue weighted by molar-refractivity contribution is -0.0635. The van der Waals surface area contributed by atoms with Crippen LogP contribution in [0.15, 0.2) is 0 Å². The van der Waals surface area contributed by atoms with Gasteiger partial charge in [0.2, 0.25) is 0 Å². The summed E-state index contributed by atoms with van der Waals surface area (Å²) in [6, 6.07) is 0. The average Bonchev–Trinajstić information content (AvgIpc) is 2.27. The molecular formula is C11H24N2O. The first-order valence-corrected chi connectivity index (χ1v) is 5.71. The van der Waals surface area contributed by atoms with Crippen LogP contribution < -0.4 is 5.73 Å². The SMILES string of the molecule is CCC1CC(CN)(N(C)CC)CCO1. The van der Waals surface area contributed by atoms with E-state index in [-0.39, 0.29) is 5.54 Å². The molecule has 2 N–H and O–H groups in total. The highest BCUT2D eigenvalue weighted by atomic mass is 16.5. The zero-order valence-electron chi connectivity index (χ0n) is 9.75. The highest BCUT2D eigenvalue weighted by Crippen LogP contribution is 2.30. The van der Waals surface area contributed by atoms with Gasteiger partial charge in [0, 0.05) is 18.7 Å². The van der Waals surface area contributed by atoms with Gasteiger partial charge in [0.25, 0.3) is 0 Å². The fraction of sp³-hybridized carbons (Fsp3) is 1.00. The van der Waals surface area contributed by atoms with Crippen molar-refractivity contribution < 1.29 is 4.74 Å². The van der Waals surface area contributed by atoms with Crippen LogP contribution in [0.3, 0.4) is 0 Å². The summed E-state index contributed by atoms with van der Waals surface area (Å²) in [5.74, 6) is 0. The maximum atomic E-state index is 5.93. The first-order chi connectivity index (χ1) is 6.68. The Balaban J connectivity index is 2.67. The Kier molecular flexibility index (Phi) is 4.35. The first kappa shape index (κ1) is 12.0. The molecule has 0 aliphatic carbocycles. The molecule has 3 heteroatoms. The second-order valence-electron chi connectivity index (χ2n) is 4.30. The van der Waals surface area contributed by atoms with Crippen LogP contribution in [-0.2, 0) is 4.74 Å². The minimum atomic E-state index is 0.188. The van der Waals surface area contributed by atoms with Crippen molar-refractivity contribution in [1.82, 2.24) is 4.90 Å². The fourth-order valence-electron chi connectivity index (χ4n) is 2.29. The zero-order valence-corrected chi connectivity index (χ0v) is 9.75. The summed E-state index contributed by atoms with van der Waals surface area (Å²) >= 11 is 0. The Bertz CT molecular complexity index is 175. The molecule has 0 spiro atoms. The van der Waals surface area contributed by atoms with Crippen molar-refractivity contribution in [2.45, 2.75) is 44.8 Å². The van der Waals surface area contributed by atoms with Crippen LogP contribution in [0.1, 0.15) is 33.1 Å². The molecule has 3 nitrogen and oxygen atoms in total. The number of hydrogen-bond acceptors (Lipinski definition) is 3. The van der Waals surface area contributed by atoms with Crippen LogP contribution in [0.4, 0.5) is 0 Å². The maximum absolute atomic E-state index is 5.93. The van der Waals surface area contributed by atoms with Gasteiger partial charge >= 0.3 is 0 Å². The minimum Gasteiger partial charge on any atom is -0.378 e. The van der Waals surface area contributed by atoms with Crippen molar-refractivity contribution in [2.24, 2.45) is 5.73 Å². The molecule has 1 saturated heterocycles. The summed E-state index contributed by atoms with van der Waals surface area (Å²) in [5.41, 5.74) is 6.12. The molecule has 1 heterocycles. The zero-order chi connectivity index (χ0) is 10.6. The summed E-state index contributed by atoms with van der Waals surface area (Å²) < 4.78 is 5.70. The van der Waals surface area contributed by atoms with E-state index in [1.54, 1.807) is 0 Å². The van der Waals surface area contributed by atoms with Gasteiger partial charge in [-0.3, -0.25) is 4.90 Å². The van der Waals surface area contributed by atoms with Gasteiger partial charge in [-0.25, -0.2) is 0 Å². The third kappa shape index (κ3) is 2.27. The Morgan fingerprint density at radius 1 is 1.50 bits per heavy atom. The van der Waals surface area contributed by atoms with E-state index in [4.69, 9.17) is 10.5 Å². The standard InChI is InChI=1S/C11H24N2O/c1-4-10-8-11(9-12,6-7-14-10)13(3)5-2/h10H,4-9,12H2,1-3H3. The van der Waals surface area contributed by atoms with E-state index < -0.39 is 0 Å². The molecule has 0 saturated carbocycles. The molecule has 1 rings (SSSR count). The van der Waals surface area contributed by atoms with E-state index in [2.05, 4.69) is 25.8 Å². The molecule has 0 aromatic heterocycles. The van der Waals surface area contributed by atoms with E-state index >= 15 is 0 Å². The highest BCUT2D eigenvalue weighted by Gasteiger charge is 2.37. The monoisotopic (exact) mass is 200 g/mol. The van der Waals surface area contributed by atoms with Crippen molar-refractivity contribution >= 4 is 0 Å². The summed E-state index contributed by atoms with van der Waals surface area (Å²) in [7, 11) is 2.17.